The van der Waals surface area contributed by atoms with E-state index in [0.717, 1.165) is 5.92 Å². The van der Waals surface area contributed by atoms with E-state index in [1.54, 1.807) is 5.19 Å². The molecule has 3 rings (SSSR count). The molecule has 28 heavy (non-hydrogen) atoms. The van der Waals surface area contributed by atoms with Crippen LogP contribution in [0.1, 0.15) is 73.1 Å². The summed E-state index contributed by atoms with van der Waals surface area (Å²) in [7, 11) is -0.445. The van der Waals surface area contributed by atoms with E-state index in [1.165, 1.54) is 38.5 Å². The Bertz CT molecular complexity index is 680. The van der Waals surface area contributed by atoms with Crippen LogP contribution in [0.25, 0.3) is 0 Å². The van der Waals surface area contributed by atoms with Gasteiger partial charge in [-0.1, -0.05) is 120 Å². The van der Waals surface area contributed by atoms with Gasteiger partial charge in [0.25, 0.3) is 0 Å². The van der Waals surface area contributed by atoms with Crippen LogP contribution >= 0.6 is 0 Å². The van der Waals surface area contributed by atoms with Crippen molar-refractivity contribution >= 4 is 14.7 Å². The molecule has 1 fully saturated rings. The first-order valence-corrected chi connectivity index (χ1v) is 12.9. The van der Waals surface area contributed by atoms with Crippen LogP contribution in [0.5, 0.6) is 0 Å². The molecule has 1 nitrogen and oxygen atoms in total. The fraction of sp³-hybridized carbons (Fsp3) is 0.615. The minimum absolute atomic E-state index is 0.124. The second kappa shape index (κ2) is 8.71. The smallest absolute Gasteiger partial charge is 0.0615 e. The Hall–Kier alpha value is -1.12. The van der Waals surface area contributed by atoms with Gasteiger partial charge in [-0.25, -0.2) is 0 Å². The first kappa shape index (κ1) is 21.6. The lowest BCUT2D eigenvalue weighted by Gasteiger charge is -2.59. The number of allylic oxidation sites excluding steroid dienone is 2. The number of hydrogen-bond acceptors (Lipinski definition) is 1. The molecule has 1 saturated carbocycles. The Kier molecular flexibility index (Phi) is 6.71. The largest absolute Gasteiger partial charge is 0.301 e. The van der Waals surface area contributed by atoms with Gasteiger partial charge in [0.05, 0.1) is 9.52 Å². The fourth-order valence-electron chi connectivity index (χ4n) is 5.72. The highest BCUT2D eigenvalue weighted by Crippen LogP contribution is 2.58. The summed E-state index contributed by atoms with van der Waals surface area (Å²) in [6.45, 7) is 12.9. The summed E-state index contributed by atoms with van der Waals surface area (Å²) in [6, 6.07) is 11.8. The Balaban J connectivity index is 2.00. The summed E-state index contributed by atoms with van der Waals surface area (Å²) in [6.07, 6.45) is 17.2. The summed E-state index contributed by atoms with van der Waals surface area (Å²) >= 11 is 0. The monoisotopic (exact) mass is 395 g/mol. The first-order chi connectivity index (χ1) is 13.3. The quantitative estimate of drug-likeness (QED) is 0.662. The van der Waals surface area contributed by atoms with Crippen LogP contribution in [0, 0.1) is 11.3 Å². The highest BCUT2D eigenvalue weighted by atomic mass is 28.2. The van der Waals surface area contributed by atoms with Gasteiger partial charge in [0.1, 0.15) is 0 Å². The number of hydrogen-bond donors (Lipinski definition) is 1. The molecule has 1 aromatic carbocycles. The van der Waals surface area contributed by atoms with Gasteiger partial charge in [-0.15, -0.1) is 0 Å². The molecular weight excluding hydrogens is 354 g/mol. The van der Waals surface area contributed by atoms with Crippen LogP contribution in [0.3, 0.4) is 0 Å². The Morgan fingerprint density at radius 3 is 2.21 bits per heavy atom. The van der Waals surface area contributed by atoms with Gasteiger partial charge < -0.3 is 5.32 Å². The fourth-order valence-corrected chi connectivity index (χ4v) is 8.46. The van der Waals surface area contributed by atoms with Gasteiger partial charge in [-0.3, -0.25) is 0 Å². The zero-order chi connectivity index (χ0) is 20.3. The van der Waals surface area contributed by atoms with Crippen molar-refractivity contribution in [1.29, 1.82) is 0 Å². The predicted molar refractivity (Wildman–Crippen MR) is 127 cm³/mol. The lowest BCUT2D eigenvalue weighted by Crippen LogP contribution is -2.63. The van der Waals surface area contributed by atoms with E-state index in [4.69, 9.17) is 0 Å². The molecule has 0 amide bonds. The third-order valence-corrected chi connectivity index (χ3v) is 11.8. The summed E-state index contributed by atoms with van der Waals surface area (Å²) in [4.78, 5) is 0. The number of rotatable bonds is 4. The van der Waals surface area contributed by atoms with E-state index >= 15 is 0 Å². The molecule has 0 radical (unpaired) electrons. The summed E-state index contributed by atoms with van der Waals surface area (Å²) in [5.74, 6) is 0.753. The summed E-state index contributed by atoms with van der Waals surface area (Å²) in [5.41, 5.74) is 0.335. The van der Waals surface area contributed by atoms with Crippen LogP contribution in [0.4, 0.5) is 0 Å². The SMILES string of the molecule is CC1CCCCCCC(C)(NC2C=CC=C2)C(C)(C)C1(C)[SiH2]c1ccccc1. The second-order valence-electron chi connectivity index (χ2n) is 10.3. The van der Waals surface area contributed by atoms with Gasteiger partial charge in [0, 0.05) is 11.6 Å². The minimum atomic E-state index is -0.445. The third-order valence-electron chi connectivity index (χ3n) is 8.61. The van der Waals surface area contributed by atoms with Crippen molar-refractivity contribution < 1.29 is 0 Å². The van der Waals surface area contributed by atoms with Crippen LogP contribution in [-0.4, -0.2) is 21.1 Å². The van der Waals surface area contributed by atoms with Crippen molar-refractivity contribution in [2.75, 3.05) is 0 Å². The predicted octanol–water partition coefficient (Wildman–Crippen LogP) is 5.52. The van der Waals surface area contributed by atoms with E-state index < -0.39 is 9.52 Å². The van der Waals surface area contributed by atoms with E-state index in [9.17, 15) is 0 Å². The van der Waals surface area contributed by atoms with Gasteiger partial charge >= 0.3 is 0 Å². The molecule has 3 unspecified atom stereocenters. The van der Waals surface area contributed by atoms with E-state index in [-0.39, 0.29) is 11.0 Å². The number of nitrogens with one attached hydrogen (secondary N) is 1. The Morgan fingerprint density at radius 1 is 0.893 bits per heavy atom. The van der Waals surface area contributed by atoms with E-state index in [2.05, 4.69) is 94.6 Å². The zero-order valence-corrected chi connectivity index (χ0v) is 20.2. The van der Waals surface area contributed by atoms with Crippen molar-refractivity contribution in [3.63, 3.8) is 0 Å². The molecule has 2 aliphatic carbocycles. The van der Waals surface area contributed by atoms with Crippen molar-refractivity contribution in [1.82, 2.24) is 5.32 Å². The zero-order valence-electron chi connectivity index (χ0n) is 18.8. The van der Waals surface area contributed by atoms with Gasteiger partial charge in [-0.05, 0) is 29.7 Å². The number of benzene rings is 1. The van der Waals surface area contributed by atoms with Gasteiger partial charge in [0.15, 0.2) is 0 Å². The topological polar surface area (TPSA) is 12.0 Å². The van der Waals surface area contributed by atoms with Crippen molar-refractivity contribution in [2.24, 2.45) is 11.3 Å². The molecule has 1 N–H and O–H groups in total. The molecule has 0 bridgehead atoms. The van der Waals surface area contributed by atoms with Crippen LogP contribution in [-0.2, 0) is 0 Å². The third kappa shape index (κ3) is 4.23. The average molecular weight is 396 g/mol. The maximum Gasteiger partial charge on any atom is 0.0615 e. The molecule has 2 aliphatic rings. The standard InChI is InChI=1S/C26H41NSi/c1-21-15-9-6-7-14-20-25(4,27-22-16-12-13-17-22)24(2,3)26(21,5)28-23-18-10-8-11-19-23/h8,10-13,16-19,21-22,27H,6-7,9,14-15,20,28H2,1-5H3. The lowest BCUT2D eigenvalue weighted by atomic mass is 9.58. The molecule has 0 spiro atoms. The highest BCUT2D eigenvalue weighted by molar-refractivity contribution is 6.57. The molecule has 0 aliphatic heterocycles. The van der Waals surface area contributed by atoms with Gasteiger partial charge in [0.2, 0.25) is 0 Å². The molecule has 154 valence electrons. The highest BCUT2D eigenvalue weighted by Gasteiger charge is 2.54. The van der Waals surface area contributed by atoms with E-state index in [1.807, 2.05) is 0 Å². The van der Waals surface area contributed by atoms with Crippen molar-refractivity contribution in [3.8, 4) is 0 Å². The molecule has 1 aromatic rings. The van der Waals surface area contributed by atoms with E-state index in [0.29, 0.717) is 11.1 Å². The van der Waals surface area contributed by atoms with Crippen LogP contribution in [0.15, 0.2) is 54.6 Å². The molecular formula is C26H41NSi. The molecule has 0 heterocycles. The molecule has 3 atom stereocenters. The average Bonchev–Trinajstić information content (AvgIpc) is 3.16. The van der Waals surface area contributed by atoms with Crippen LogP contribution in [0.2, 0.25) is 5.04 Å². The lowest BCUT2D eigenvalue weighted by molar-refractivity contribution is 0.0393. The van der Waals surface area contributed by atoms with Crippen molar-refractivity contribution in [2.45, 2.75) is 89.8 Å². The molecule has 0 saturated heterocycles. The maximum atomic E-state index is 4.11. The normalized spacial score (nSPS) is 34.2. The Morgan fingerprint density at radius 2 is 1.54 bits per heavy atom. The van der Waals surface area contributed by atoms with Gasteiger partial charge in [-0.2, -0.15) is 0 Å². The maximum absolute atomic E-state index is 4.11. The van der Waals surface area contributed by atoms with Crippen molar-refractivity contribution in [3.05, 3.63) is 54.6 Å². The minimum Gasteiger partial charge on any atom is -0.301 e. The summed E-state index contributed by atoms with van der Waals surface area (Å²) < 4.78 is 0. The second-order valence-corrected chi connectivity index (χ2v) is 13.0. The van der Waals surface area contributed by atoms with Crippen LogP contribution < -0.4 is 10.5 Å². The Labute approximate surface area is 175 Å². The summed E-state index contributed by atoms with van der Waals surface area (Å²) in [5, 5.41) is 6.09. The molecule has 0 aromatic heterocycles. The first-order valence-electron chi connectivity index (χ1n) is 11.5. The molecule has 2 heteroatoms.